The summed E-state index contributed by atoms with van der Waals surface area (Å²) in [6.45, 7) is 11.4. The lowest BCUT2D eigenvalue weighted by atomic mass is 9.96. The highest BCUT2D eigenvalue weighted by Gasteiger charge is 2.37. The van der Waals surface area contributed by atoms with Crippen molar-refractivity contribution in [3.63, 3.8) is 0 Å². The SMILES string of the molecule is COc1ccc(Cc2ccccc2)c(CC(O)CO[Si](C)(C)C(C)(C)C)c1. The Morgan fingerprint density at radius 1 is 1.00 bits per heavy atom. The summed E-state index contributed by atoms with van der Waals surface area (Å²) in [6.07, 6.45) is 0.880. The van der Waals surface area contributed by atoms with Gasteiger partial charge in [0.25, 0.3) is 0 Å². The predicted octanol–water partition coefficient (Wildman–Crippen LogP) is 5.21. The van der Waals surface area contributed by atoms with E-state index in [2.05, 4.69) is 64.2 Å². The van der Waals surface area contributed by atoms with Gasteiger partial charge in [-0.3, -0.25) is 0 Å². The van der Waals surface area contributed by atoms with Crippen LogP contribution in [-0.2, 0) is 17.3 Å². The van der Waals surface area contributed by atoms with Crippen molar-refractivity contribution >= 4 is 8.32 Å². The van der Waals surface area contributed by atoms with E-state index in [4.69, 9.17) is 9.16 Å². The van der Waals surface area contributed by atoms with E-state index in [0.29, 0.717) is 13.0 Å². The summed E-state index contributed by atoms with van der Waals surface area (Å²) in [5.74, 6) is 0.819. The lowest BCUT2D eigenvalue weighted by molar-refractivity contribution is 0.0999. The molecule has 0 saturated heterocycles. The molecule has 1 unspecified atom stereocenters. The number of benzene rings is 2. The van der Waals surface area contributed by atoms with E-state index in [1.807, 2.05) is 18.2 Å². The van der Waals surface area contributed by atoms with Crippen LogP contribution in [0.1, 0.15) is 37.5 Å². The summed E-state index contributed by atoms with van der Waals surface area (Å²) >= 11 is 0. The fraction of sp³-hybridized carbons (Fsp3) is 0.478. The number of methoxy groups -OCH3 is 1. The standard InChI is InChI=1S/C23H34O3Si/c1-23(2,3)27(5,6)26-17-21(24)15-20-16-22(25-4)13-12-19(20)14-18-10-8-7-9-11-18/h7-13,16,21,24H,14-15,17H2,1-6H3. The third-order valence-electron chi connectivity index (χ3n) is 5.55. The molecule has 0 fully saturated rings. The molecular formula is C23H34O3Si. The van der Waals surface area contributed by atoms with Gasteiger partial charge >= 0.3 is 0 Å². The van der Waals surface area contributed by atoms with Crippen LogP contribution in [0, 0.1) is 0 Å². The van der Waals surface area contributed by atoms with Gasteiger partial charge in [0.2, 0.25) is 0 Å². The number of hydrogen-bond acceptors (Lipinski definition) is 3. The topological polar surface area (TPSA) is 38.7 Å². The van der Waals surface area contributed by atoms with Crippen LogP contribution in [0.4, 0.5) is 0 Å². The first-order valence-electron chi connectivity index (χ1n) is 9.64. The van der Waals surface area contributed by atoms with Gasteiger partial charge in [0.15, 0.2) is 8.32 Å². The third-order valence-corrected chi connectivity index (χ3v) is 10.0. The van der Waals surface area contributed by atoms with Crippen molar-refractivity contribution in [2.75, 3.05) is 13.7 Å². The quantitative estimate of drug-likeness (QED) is 0.633. The van der Waals surface area contributed by atoms with E-state index in [0.717, 1.165) is 17.7 Å². The summed E-state index contributed by atoms with van der Waals surface area (Å²) in [5, 5.41) is 10.8. The van der Waals surface area contributed by atoms with Gasteiger partial charge in [-0.1, -0.05) is 57.2 Å². The average Bonchev–Trinajstić information content (AvgIpc) is 2.61. The molecule has 27 heavy (non-hydrogen) atoms. The Morgan fingerprint density at radius 2 is 1.67 bits per heavy atom. The molecule has 2 aromatic carbocycles. The van der Waals surface area contributed by atoms with Gasteiger partial charge in [0, 0.05) is 6.42 Å². The highest BCUT2D eigenvalue weighted by molar-refractivity contribution is 6.74. The van der Waals surface area contributed by atoms with Crippen LogP contribution >= 0.6 is 0 Å². The summed E-state index contributed by atoms with van der Waals surface area (Å²) in [6, 6.07) is 16.5. The number of hydrogen-bond donors (Lipinski definition) is 1. The zero-order valence-corrected chi connectivity index (χ0v) is 18.6. The Kier molecular flexibility index (Phi) is 7.26. The Morgan fingerprint density at radius 3 is 2.26 bits per heavy atom. The Hall–Kier alpha value is -1.62. The summed E-state index contributed by atoms with van der Waals surface area (Å²) in [7, 11) is -0.188. The van der Waals surface area contributed by atoms with E-state index in [9.17, 15) is 5.11 Å². The van der Waals surface area contributed by atoms with E-state index < -0.39 is 14.4 Å². The molecule has 1 atom stereocenters. The van der Waals surface area contributed by atoms with Crippen LogP contribution in [0.15, 0.2) is 48.5 Å². The van der Waals surface area contributed by atoms with Crippen molar-refractivity contribution in [2.24, 2.45) is 0 Å². The van der Waals surface area contributed by atoms with Crippen molar-refractivity contribution in [2.45, 2.75) is 57.8 Å². The maximum Gasteiger partial charge on any atom is 0.192 e. The fourth-order valence-electron chi connectivity index (χ4n) is 2.74. The lowest BCUT2D eigenvalue weighted by Crippen LogP contribution is -2.42. The summed E-state index contributed by atoms with van der Waals surface area (Å²) in [4.78, 5) is 0. The zero-order chi connectivity index (χ0) is 20.1. The maximum atomic E-state index is 10.6. The van der Waals surface area contributed by atoms with Gasteiger partial charge < -0.3 is 14.3 Å². The molecule has 0 radical (unpaired) electrons. The minimum atomic E-state index is -1.86. The molecule has 0 spiro atoms. The zero-order valence-electron chi connectivity index (χ0n) is 17.6. The molecule has 0 heterocycles. The number of aliphatic hydroxyl groups is 1. The first-order chi connectivity index (χ1) is 12.6. The molecule has 2 aromatic rings. The van der Waals surface area contributed by atoms with Gasteiger partial charge in [0.1, 0.15) is 5.75 Å². The van der Waals surface area contributed by atoms with Gasteiger partial charge in [-0.25, -0.2) is 0 Å². The minimum absolute atomic E-state index is 0.140. The third kappa shape index (κ3) is 6.20. The van der Waals surface area contributed by atoms with Gasteiger partial charge in [-0.05, 0) is 53.4 Å². The molecule has 4 heteroatoms. The number of aliphatic hydroxyl groups excluding tert-OH is 1. The molecular weight excluding hydrogens is 352 g/mol. The predicted molar refractivity (Wildman–Crippen MR) is 115 cm³/mol. The fourth-order valence-corrected chi connectivity index (χ4v) is 3.78. The molecule has 3 nitrogen and oxygen atoms in total. The van der Waals surface area contributed by atoms with Gasteiger partial charge in [0.05, 0.1) is 19.8 Å². The first kappa shape index (κ1) is 21.7. The molecule has 148 valence electrons. The van der Waals surface area contributed by atoms with Crippen LogP contribution in [-0.4, -0.2) is 33.2 Å². The van der Waals surface area contributed by atoms with Crippen molar-refractivity contribution in [3.8, 4) is 5.75 Å². The van der Waals surface area contributed by atoms with Gasteiger partial charge in [-0.15, -0.1) is 0 Å². The van der Waals surface area contributed by atoms with E-state index >= 15 is 0 Å². The van der Waals surface area contributed by atoms with Crippen molar-refractivity contribution < 1.29 is 14.3 Å². The monoisotopic (exact) mass is 386 g/mol. The van der Waals surface area contributed by atoms with Crippen LogP contribution < -0.4 is 4.74 Å². The second kappa shape index (κ2) is 9.05. The Bertz CT molecular complexity index is 720. The number of ether oxygens (including phenoxy) is 1. The maximum absolute atomic E-state index is 10.6. The molecule has 2 rings (SSSR count). The van der Waals surface area contributed by atoms with E-state index in [1.165, 1.54) is 11.1 Å². The molecule has 0 aliphatic heterocycles. The molecule has 0 amide bonds. The van der Waals surface area contributed by atoms with Crippen molar-refractivity contribution in [3.05, 3.63) is 65.2 Å². The van der Waals surface area contributed by atoms with Gasteiger partial charge in [-0.2, -0.15) is 0 Å². The molecule has 0 saturated carbocycles. The second-order valence-corrected chi connectivity index (χ2v) is 13.5. The highest BCUT2D eigenvalue weighted by atomic mass is 28.4. The van der Waals surface area contributed by atoms with Crippen molar-refractivity contribution in [1.82, 2.24) is 0 Å². The van der Waals surface area contributed by atoms with Crippen molar-refractivity contribution in [1.29, 1.82) is 0 Å². The minimum Gasteiger partial charge on any atom is -0.497 e. The lowest BCUT2D eigenvalue weighted by Gasteiger charge is -2.36. The van der Waals surface area contributed by atoms with Crippen LogP contribution in [0.5, 0.6) is 5.75 Å². The second-order valence-electron chi connectivity index (χ2n) is 8.73. The molecule has 0 aliphatic rings. The van der Waals surface area contributed by atoms with Crippen LogP contribution in [0.3, 0.4) is 0 Å². The molecule has 0 bridgehead atoms. The smallest absolute Gasteiger partial charge is 0.192 e. The summed E-state index contributed by atoms with van der Waals surface area (Å²) in [5.41, 5.74) is 3.59. The van der Waals surface area contributed by atoms with Crippen LogP contribution in [0.25, 0.3) is 0 Å². The van der Waals surface area contributed by atoms with E-state index in [-0.39, 0.29) is 5.04 Å². The normalized spacial score (nSPS) is 13.4. The molecule has 1 N–H and O–H groups in total. The number of rotatable bonds is 8. The van der Waals surface area contributed by atoms with Crippen LogP contribution in [0.2, 0.25) is 18.1 Å². The largest absolute Gasteiger partial charge is 0.497 e. The first-order valence-corrected chi connectivity index (χ1v) is 12.5. The molecule has 0 aliphatic carbocycles. The Labute approximate surface area is 165 Å². The molecule has 0 aromatic heterocycles. The Balaban J connectivity index is 2.11. The summed E-state index contributed by atoms with van der Waals surface area (Å²) < 4.78 is 11.6. The highest BCUT2D eigenvalue weighted by Crippen LogP contribution is 2.36. The average molecular weight is 387 g/mol. The van der Waals surface area contributed by atoms with E-state index in [1.54, 1.807) is 7.11 Å².